The summed E-state index contributed by atoms with van der Waals surface area (Å²) in [4.78, 5) is 24.7. The number of hydrogen-bond acceptors (Lipinski definition) is 5. The van der Waals surface area contributed by atoms with E-state index in [0.717, 1.165) is 16.3 Å². The first-order chi connectivity index (χ1) is 12.7. The van der Waals surface area contributed by atoms with Crippen LogP contribution < -0.4 is 5.32 Å². The van der Waals surface area contributed by atoms with Crippen molar-refractivity contribution in [3.05, 3.63) is 52.5 Å². The molecule has 1 aliphatic rings. The maximum Gasteiger partial charge on any atom is 0.287 e. The molecular formula is C19H22N2O5S. The Bertz CT molecular complexity index is 988. The molecule has 27 heavy (non-hydrogen) atoms. The number of fused-ring (bicyclic) bond motifs is 1. The molecular weight excluding hydrogens is 368 g/mol. The molecule has 0 aliphatic heterocycles. The van der Waals surface area contributed by atoms with Gasteiger partial charge in [-0.2, -0.15) is 0 Å². The lowest BCUT2D eigenvalue weighted by Gasteiger charge is -2.11. The lowest BCUT2D eigenvalue weighted by molar-refractivity contribution is 0.0917. The molecule has 1 aromatic carbocycles. The molecule has 1 amide bonds. The van der Waals surface area contributed by atoms with Crippen LogP contribution in [0.2, 0.25) is 0 Å². The molecule has 144 valence electrons. The number of amides is 1. The highest BCUT2D eigenvalue weighted by Crippen LogP contribution is 2.29. The molecule has 0 fully saturated rings. The SMILES string of the molecule is Cc1c(C(=O)NCc2ccc(S(=O)(=O)N(C)C)cc2)oc2c1C(=O)CCC2. The number of hydrogen-bond donors (Lipinski definition) is 1. The lowest BCUT2D eigenvalue weighted by Crippen LogP contribution is -2.24. The van der Waals surface area contributed by atoms with Gasteiger partial charge in [0.2, 0.25) is 10.0 Å². The summed E-state index contributed by atoms with van der Waals surface area (Å²) in [6, 6.07) is 6.32. The molecule has 1 heterocycles. The van der Waals surface area contributed by atoms with E-state index >= 15 is 0 Å². The van der Waals surface area contributed by atoms with Crippen molar-refractivity contribution < 1.29 is 22.4 Å². The van der Waals surface area contributed by atoms with Gasteiger partial charge in [0, 0.05) is 39.0 Å². The molecule has 0 bridgehead atoms. The molecule has 0 saturated heterocycles. The molecule has 8 heteroatoms. The first-order valence-electron chi connectivity index (χ1n) is 8.67. The molecule has 2 aromatic rings. The van der Waals surface area contributed by atoms with Gasteiger partial charge in [-0.25, -0.2) is 12.7 Å². The van der Waals surface area contributed by atoms with E-state index < -0.39 is 10.0 Å². The lowest BCUT2D eigenvalue weighted by atomic mass is 9.94. The number of carbonyl (C=O) groups is 2. The third-order valence-electron chi connectivity index (χ3n) is 4.67. The van der Waals surface area contributed by atoms with E-state index in [2.05, 4.69) is 5.32 Å². The van der Waals surface area contributed by atoms with Crippen molar-refractivity contribution >= 4 is 21.7 Å². The number of carbonyl (C=O) groups excluding carboxylic acids is 2. The predicted molar refractivity (Wildman–Crippen MR) is 99.2 cm³/mol. The molecule has 1 N–H and O–H groups in total. The fourth-order valence-corrected chi connectivity index (χ4v) is 4.02. The summed E-state index contributed by atoms with van der Waals surface area (Å²) in [7, 11) is -0.538. The number of sulfonamides is 1. The van der Waals surface area contributed by atoms with Crippen LogP contribution in [0.1, 0.15) is 50.6 Å². The van der Waals surface area contributed by atoms with Crippen molar-refractivity contribution in [2.24, 2.45) is 0 Å². The number of aryl methyl sites for hydroxylation is 1. The Morgan fingerprint density at radius 2 is 1.85 bits per heavy atom. The van der Waals surface area contributed by atoms with Crippen molar-refractivity contribution in [1.29, 1.82) is 0 Å². The van der Waals surface area contributed by atoms with Gasteiger partial charge in [-0.05, 0) is 31.0 Å². The van der Waals surface area contributed by atoms with Gasteiger partial charge in [0.25, 0.3) is 5.91 Å². The summed E-state index contributed by atoms with van der Waals surface area (Å²) in [5, 5.41) is 2.76. The first kappa shape index (κ1) is 19.3. The number of nitrogens with one attached hydrogen (secondary N) is 1. The van der Waals surface area contributed by atoms with Crippen molar-refractivity contribution in [1.82, 2.24) is 9.62 Å². The Kier molecular flexibility index (Phi) is 5.21. The first-order valence-corrected chi connectivity index (χ1v) is 10.1. The van der Waals surface area contributed by atoms with E-state index in [1.54, 1.807) is 19.1 Å². The molecule has 1 aromatic heterocycles. The van der Waals surface area contributed by atoms with E-state index in [0.29, 0.717) is 29.7 Å². The maximum absolute atomic E-state index is 12.5. The summed E-state index contributed by atoms with van der Waals surface area (Å²) in [5.41, 5.74) is 1.88. The zero-order valence-corrected chi connectivity index (χ0v) is 16.4. The quantitative estimate of drug-likeness (QED) is 0.845. The van der Waals surface area contributed by atoms with Gasteiger partial charge in [0.15, 0.2) is 11.5 Å². The minimum Gasteiger partial charge on any atom is -0.455 e. The average Bonchev–Trinajstić information content (AvgIpc) is 2.98. The summed E-state index contributed by atoms with van der Waals surface area (Å²) in [5.74, 6) is 0.392. The second kappa shape index (κ2) is 7.28. The van der Waals surface area contributed by atoms with Crippen LogP contribution in [0.3, 0.4) is 0 Å². The fraction of sp³-hybridized carbons (Fsp3) is 0.368. The zero-order valence-electron chi connectivity index (χ0n) is 15.5. The summed E-state index contributed by atoms with van der Waals surface area (Å²) < 4.78 is 30.9. The van der Waals surface area contributed by atoms with Crippen molar-refractivity contribution in [2.45, 2.75) is 37.6 Å². The average molecular weight is 390 g/mol. The van der Waals surface area contributed by atoms with E-state index in [9.17, 15) is 18.0 Å². The van der Waals surface area contributed by atoms with Crippen molar-refractivity contribution in [3.63, 3.8) is 0 Å². The Labute approximate surface area is 158 Å². The molecule has 0 atom stereocenters. The smallest absolute Gasteiger partial charge is 0.287 e. The molecule has 0 unspecified atom stereocenters. The number of furan rings is 1. The van der Waals surface area contributed by atoms with Crippen LogP contribution in [-0.4, -0.2) is 38.5 Å². The maximum atomic E-state index is 12.5. The summed E-state index contributed by atoms with van der Waals surface area (Å²) in [6.07, 6.45) is 1.88. The molecule has 1 aliphatic carbocycles. The minimum absolute atomic E-state index is 0.0224. The predicted octanol–water partition coefficient (Wildman–Crippen LogP) is 2.29. The molecule has 0 saturated carbocycles. The minimum atomic E-state index is -3.48. The number of benzene rings is 1. The van der Waals surface area contributed by atoms with Gasteiger partial charge in [-0.3, -0.25) is 9.59 Å². The Hall–Kier alpha value is -2.45. The zero-order chi connectivity index (χ0) is 19.8. The summed E-state index contributed by atoms with van der Waals surface area (Å²) in [6.45, 7) is 1.95. The van der Waals surface area contributed by atoms with Crippen LogP contribution in [0.15, 0.2) is 33.6 Å². The third kappa shape index (κ3) is 3.68. The summed E-state index contributed by atoms with van der Waals surface area (Å²) >= 11 is 0. The highest BCUT2D eigenvalue weighted by molar-refractivity contribution is 7.89. The van der Waals surface area contributed by atoms with Crippen LogP contribution in [0.25, 0.3) is 0 Å². The van der Waals surface area contributed by atoms with E-state index in [-0.39, 0.29) is 28.9 Å². The van der Waals surface area contributed by atoms with Gasteiger partial charge in [-0.15, -0.1) is 0 Å². The molecule has 3 rings (SSSR count). The van der Waals surface area contributed by atoms with Crippen LogP contribution in [-0.2, 0) is 23.0 Å². The molecule has 0 radical (unpaired) electrons. The number of Topliss-reactive ketones (excluding diaryl/α,β-unsaturated/α-hetero) is 1. The number of ketones is 1. The highest BCUT2D eigenvalue weighted by Gasteiger charge is 2.28. The second-order valence-electron chi connectivity index (χ2n) is 6.75. The van der Waals surface area contributed by atoms with Crippen LogP contribution in [0.4, 0.5) is 0 Å². The van der Waals surface area contributed by atoms with Crippen LogP contribution >= 0.6 is 0 Å². The largest absolute Gasteiger partial charge is 0.455 e. The normalized spacial score (nSPS) is 14.3. The van der Waals surface area contributed by atoms with Gasteiger partial charge in [0.05, 0.1) is 10.5 Å². The molecule has 0 spiro atoms. The Morgan fingerprint density at radius 3 is 2.44 bits per heavy atom. The van der Waals surface area contributed by atoms with Crippen molar-refractivity contribution in [2.75, 3.05) is 14.1 Å². The standard InChI is InChI=1S/C19H22N2O5S/c1-12-17-15(22)5-4-6-16(17)26-18(12)19(23)20-11-13-7-9-14(10-8-13)27(24,25)21(2)3/h7-10H,4-6,11H2,1-3H3,(H,20,23). The number of rotatable bonds is 5. The second-order valence-corrected chi connectivity index (χ2v) is 8.90. The molecule has 7 nitrogen and oxygen atoms in total. The topological polar surface area (TPSA) is 96.7 Å². The van der Waals surface area contributed by atoms with Crippen LogP contribution in [0.5, 0.6) is 0 Å². The van der Waals surface area contributed by atoms with E-state index in [4.69, 9.17) is 4.42 Å². The van der Waals surface area contributed by atoms with Gasteiger partial charge in [-0.1, -0.05) is 12.1 Å². The number of nitrogens with zero attached hydrogens (tertiary/aromatic N) is 1. The van der Waals surface area contributed by atoms with E-state index in [1.807, 2.05) is 0 Å². The van der Waals surface area contributed by atoms with Crippen LogP contribution in [0, 0.1) is 6.92 Å². The highest BCUT2D eigenvalue weighted by atomic mass is 32.2. The fourth-order valence-electron chi connectivity index (χ4n) is 3.12. The third-order valence-corrected chi connectivity index (χ3v) is 6.50. The Balaban J connectivity index is 1.71. The monoisotopic (exact) mass is 390 g/mol. The van der Waals surface area contributed by atoms with Gasteiger partial charge >= 0.3 is 0 Å². The van der Waals surface area contributed by atoms with E-state index in [1.165, 1.54) is 26.2 Å². The van der Waals surface area contributed by atoms with Gasteiger partial charge < -0.3 is 9.73 Å². The van der Waals surface area contributed by atoms with Gasteiger partial charge in [0.1, 0.15) is 5.76 Å². The van der Waals surface area contributed by atoms with Crippen molar-refractivity contribution in [3.8, 4) is 0 Å². The Morgan fingerprint density at radius 1 is 1.19 bits per heavy atom.